The van der Waals surface area contributed by atoms with Crippen LogP contribution in [0.5, 0.6) is 0 Å². The van der Waals surface area contributed by atoms with Crippen LogP contribution >= 0.6 is 0 Å². The number of Topliss-reactive ketones (excluding diaryl/α,β-unsaturated/α-hetero) is 1. The minimum atomic E-state index is -3.59. The maximum atomic E-state index is 12.2. The number of aryl methyl sites for hydroxylation is 1. The number of carbonyl (C=O) groups is 1. The molecule has 0 unspecified atom stereocenters. The Kier molecular flexibility index (Phi) is 3.81. The van der Waals surface area contributed by atoms with Gasteiger partial charge in [0.25, 0.3) is 0 Å². The highest BCUT2D eigenvalue weighted by Gasteiger charge is 2.22. The van der Waals surface area contributed by atoms with Crippen LogP contribution in [-0.4, -0.2) is 24.5 Å². The number of nitrogens with zero attached hydrogens (tertiary/aromatic N) is 1. The van der Waals surface area contributed by atoms with Gasteiger partial charge < -0.3 is 4.57 Å². The van der Waals surface area contributed by atoms with Gasteiger partial charge in [-0.05, 0) is 32.0 Å². The Hall–Kier alpha value is -1.88. The summed E-state index contributed by atoms with van der Waals surface area (Å²) in [4.78, 5) is 12.4. The van der Waals surface area contributed by atoms with Gasteiger partial charge in [0, 0.05) is 24.0 Å². The molecule has 2 rings (SSSR count). The van der Waals surface area contributed by atoms with Crippen LogP contribution in [0, 0.1) is 13.8 Å². The van der Waals surface area contributed by atoms with Crippen LogP contribution in [0.15, 0.2) is 41.3 Å². The fraction of sp³-hybridized carbons (Fsp3) is 0.267. The van der Waals surface area contributed by atoms with Crippen molar-refractivity contribution in [2.24, 2.45) is 7.05 Å². The summed E-state index contributed by atoms with van der Waals surface area (Å²) in [6.07, 6.45) is 0. The highest BCUT2D eigenvalue weighted by Crippen LogP contribution is 2.17. The van der Waals surface area contributed by atoms with Crippen LogP contribution in [0.2, 0.25) is 0 Å². The first-order valence-electron chi connectivity index (χ1n) is 6.27. The molecule has 0 atom stereocenters. The third kappa shape index (κ3) is 2.67. The van der Waals surface area contributed by atoms with E-state index in [0.29, 0.717) is 5.56 Å². The summed E-state index contributed by atoms with van der Waals surface area (Å²) in [5.74, 6) is -0.864. The van der Waals surface area contributed by atoms with E-state index < -0.39 is 15.6 Å². The summed E-state index contributed by atoms with van der Waals surface area (Å²) in [6.45, 7) is 3.70. The number of hydrogen-bond acceptors (Lipinski definition) is 3. The zero-order valence-electron chi connectivity index (χ0n) is 11.8. The lowest BCUT2D eigenvalue weighted by molar-refractivity contribution is 0.102. The van der Waals surface area contributed by atoms with Gasteiger partial charge >= 0.3 is 0 Å². The maximum Gasteiger partial charge on any atom is 0.185 e. The molecule has 0 aliphatic carbocycles. The topological polar surface area (TPSA) is 56.1 Å². The fourth-order valence-electron chi connectivity index (χ4n) is 2.10. The first-order valence-corrected chi connectivity index (χ1v) is 7.92. The van der Waals surface area contributed by atoms with E-state index in [2.05, 4.69) is 0 Å². The summed E-state index contributed by atoms with van der Waals surface area (Å²) in [7, 11) is -1.73. The van der Waals surface area contributed by atoms with Gasteiger partial charge in [-0.15, -0.1) is 0 Å². The molecule has 0 saturated heterocycles. The number of carbonyl (C=O) groups excluding carboxylic acids is 1. The van der Waals surface area contributed by atoms with Crippen LogP contribution in [-0.2, 0) is 16.9 Å². The van der Waals surface area contributed by atoms with E-state index in [0.717, 1.165) is 11.4 Å². The second-order valence-corrected chi connectivity index (χ2v) is 6.83. The molecular weight excluding hydrogens is 274 g/mol. The van der Waals surface area contributed by atoms with Gasteiger partial charge in [-0.2, -0.15) is 0 Å². The average molecular weight is 291 g/mol. The largest absolute Gasteiger partial charge is 0.351 e. The molecule has 2 aromatic rings. The van der Waals surface area contributed by atoms with Crippen LogP contribution in [0.1, 0.15) is 21.7 Å². The Morgan fingerprint density at radius 1 is 1.15 bits per heavy atom. The Balaban J connectivity index is 2.30. The molecular formula is C15H17NO3S. The van der Waals surface area contributed by atoms with Crippen LogP contribution in [0.4, 0.5) is 0 Å². The zero-order chi connectivity index (χ0) is 14.9. The lowest BCUT2D eigenvalue weighted by Crippen LogP contribution is -2.17. The first-order chi connectivity index (χ1) is 9.33. The van der Waals surface area contributed by atoms with E-state index in [9.17, 15) is 13.2 Å². The molecule has 20 heavy (non-hydrogen) atoms. The minimum Gasteiger partial charge on any atom is -0.351 e. The second-order valence-electron chi connectivity index (χ2n) is 4.84. The lowest BCUT2D eigenvalue weighted by Gasteiger charge is -2.04. The predicted octanol–water partition coefficient (Wildman–Crippen LogP) is 2.30. The minimum absolute atomic E-state index is 0.179. The standard InChI is InChI=1S/C15H17NO3S/c1-11-9-14(12(2)16(11)3)15(17)10-20(18,19)13-7-5-4-6-8-13/h4-9H,10H2,1-3H3. The Labute approximate surface area is 119 Å². The zero-order valence-corrected chi connectivity index (χ0v) is 12.6. The van der Waals surface area contributed by atoms with Crippen molar-refractivity contribution in [3.05, 3.63) is 53.3 Å². The number of rotatable bonds is 4. The van der Waals surface area contributed by atoms with E-state index in [1.54, 1.807) is 24.3 Å². The third-order valence-electron chi connectivity index (χ3n) is 3.50. The van der Waals surface area contributed by atoms with Gasteiger partial charge in [-0.3, -0.25) is 4.79 Å². The smallest absolute Gasteiger partial charge is 0.185 e. The maximum absolute atomic E-state index is 12.2. The monoisotopic (exact) mass is 291 g/mol. The molecule has 0 amide bonds. The van der Waals surface area contributed by atoms with Crippen molar-refractivity contribution in [1.29, 1.82) is 0 Å². The summed E-state index contributed by atoms with van der Waals surface area (Å²) < 4.78 is 26.3. The summed E-state index contributed by atoms with van der Waals surface area (Å²) in [5, 5.41) is 0. The normalized spacial score (nSPS) is 11.6. The first kappa shape index (κ1) is 14.5. The number of ketones is 1. The van der Waals surface area contributed by atoms with E-state index in [-0.39, 0.29) is 10.7 Å². The highest BCUT2D eigenvalue weighted by atomic mass is 32.2. The molecule has 1 aromatic heterocycles. The van der Waals surface area contributed by atoms with Crippen LogP contribution < -0.4 is 0 Å². The molecule has 1 heterocycles. The fourth-order valence-corrected chi connectivity index (χ4v) is 3.34. The Morgan fingerprint density at radius 2 is 1.75 bits per heavy atom. The van der Waals surface area contributed by atoms with Gasteiger partial charge in [-0.25, -0.2) is 8.42 Å². The van der Waals surface area contributed by atoms with Gasteiger partial charge in [-0.1, -0.05) is 18.2 Å². The molecule has 0 radical (unpaired) electrons. The van der Waals surface area contributed by atoms with Crippen molar-refractivity contribution in [1.82, 2.24) is 4.57 Å². The molecule has 0 aliphatic rings. The quantitative estimate of drug-likeness (QED) is 0.812. The van der Waals surface area contributed by atoms with Crippen molar-refractivity contribution in [2.45, 2.75) is 18.7 Å². The van der Waals surface area contributed by atoms with Gasteiger partial charge in [0.1, 0.15) is 5.75 Å². The molecule has 106 valence electrons. The molecule has 0 fully saturated rings. The molecule has 0 spiro atoms. The summed E-state index contributed by atoms with van der Waals surface area (Å²) >= 11 is 0. The number of aromatic nitrogens is 1. The number of hydrogen-bond donors (Lipinski definition) is 0. The molecule has 0 bridgehead atoms. The van der Waals surface area contributed by atoms with E-state index in [1.165, 1.54) is 12.1 Å². The van der Waals surface area contributed by atoms with Crippen LogP contribution in [0.3, 0.4) is 0 Å². The third-order valence-corrected chi connectivity index (χ3v) is 5.13. The highest BCUT2D eigenvalue weighted by molar-refractivity contribution is 7.92. The number of sulfone groups is 1. The number of benzene rings is 1. The van der Waals surface area contributed by atoms with Crippen molar-refractivity contribution in [3.63, 3.8) is 0 Å². The van der Waals surface area contributed by atoms with E-state index >= 15 is 0 Å². The average Bonchev–Trinajstić information content (AvgIpc) is 2.67. The second kappa shape index (κ2) is 5.25. The summed E-state index contributed by atoms with van der Waals surface area (Å²) in [5.41, 5.74) is 2.20. The van der Waals surface area contributed by atoms with Gasteiger partial charge in [0.05, 0.1) is 4.90 Å². The Bertz CT molecular complexity index is 743. The molecule has 0 N–H and O–H groups in total. The van der Waals surface area contributed by atoms with Crippen LogP contribution in [0.25, 0.3) is 0 Å². The lowest BCUT2D eigenvalue weighted by atomic mass is 10.2. The molecule has 0 saturated carbocycles. The van der Waals surface area contributed by atoms with E-state index in [1.807, 2.05) is 25.5 Å². The molecule has 1 aromatic carbocycles. The van der Waals surface area contributed by atoms with Crippen molar-refractivity contribution in [3.8, 4) is 0 Å². The van der Waals surface area contributed by atoms with Gasteiger partial charge in [0.2, 0.25) is 0 Å². The molecule has 4 nitrogen and oxygen atoms in total. The van der Waals surface area contributed by atoms with E-state index in [4.69, 9.17) is 0 Å². The summed E-state index contributed by atoms with van der Waals surface area (Å²) in [6, 6.07) is 9.78. The van der Waals surface area contributed by atoms with Gasteiger partial charge in [0.15, 0.2) is 15.6 Å². The van der Waals surface area contributed by atoms with Crippen molar-refractivity contribution < 1.29 is 13.2 Å². The van der Waals surface area contributed by atoms with Crippen molar-refractivity contribution >= 4 is 15.6 Å². The molecule has 0 aliphatic heterocycles. The SMILES string of the molecule is Cc1cc(C(=O)CS(=O)(=O)c2ccccc2)c(C)n1C. The molecule has 5 heteroatoms. The Morgan fingerprint density at radius 3 is 2.25 bits per heavy atom. The predicted molar refractivity (Wildman–Crippen MR) is 77.7 cm³/mol. The van der Waals surface area contributed by atoms with Crippen molar-refractivity contribution in [2.75, 3.05) is 5.75 Å².